The third-order valence-electron chi connectivity index (χ3n) is 4.59. The molecule has 0 aliphatic heterocycles. The fourth-order valence-electron chi connectivity index (χ4n) is 3.17. The average Bonchev–Trinajstić information content (AvgIpc) is 2.76. The van der Waals surface area contributed by atoms with Crippen LogP contribution >= 0.6 is 0 Å². The van der Waals surface area contributed by atoms with Crippen molar-refractivity contribution in [3.8, 4) is 0 Å². The molecule has 0 spiro atoms. The zero-order chi connectivity index (χ0) is 20.3. The molecule has 0 aliphatic rings. The van der Waals surface area contributed by atoms with Crippen LogP contribution in [0.3, 0.4) is 0 Å². The molecule has 4 heteroatoms. The molecule has 0 saturated carbocycles. The Labute approximate surface area is 179 Å². The summed E-state index contributed by atoms with van der Waals surface area (Å²) in [5, 5.41) is 3.50. The molecule has 1 N–H and O–H groups in total. The first-order chi connectivity index (χ1) is 14.3. The standard InChI is InChI=1S/C25H27NO2Se/c1-2-28-25(27)24(26-19-21-14-8-4-9-15-21)23(18-20-12-6-3-7-13-20)29-22-16-10-5-11-17-22/h3-17,23-24,26H,2,18-19H2,1H3. The molecule has 0 aromatic heterocycles. The molecule has 0 fully saturated rings. The first-order valence-corrected chi connectivity index (χ1v) is 11.8. The molecule has 0 bridgehead atoms. The van der Waals surface area contributed by atoms with Crippen molar-refractivity contribution in [1.29, 1.82) is 0 Å². The minimum atomic E-state index is -0.351. The Hall–Kier alpha value is -2.39. The fraction of sp³-hybridized carbons (Fsp3) is 0.240. The van der Waals surface area contributed by atoms with Crippen molar-refractivity contribution in [3.63, 3.8) is 0 Å². The number of esters is 1. The molecule has 0 amide bonds. The summed E-state index contributed by atoms with van der Waals surface area (Å²) in [6.45, 7) is 2.89. The monoisotopic (exact) mass is 453 g/mol. The number of benzene rings is 3. The maximum atomic E-state index is 12.9. The maximum absolute atomic E-state index is 12.9. The molecule has 29 heavy (non-hydrogen) atoms. The molecule has 2 unspecified atom stereocenters. The van der Waals surface area contributed by atoms with E-state index >= 15 is 0 Å². The third-order valence-corrected chi connectivity index (χ3v) is 7.29. The number of hydrogen-bond donors (Lipinski definition) is 1. The van der Waals surface area contributed by atoms with Gasteiger partial charge in [-0.15, -0.1) is 0 Å². The van der Waals surface area contributed by atoms with Crippen LogP contribution in [-0.4, -0.2) is 33.6 Å². The summed E-state index contributed by atoms with van der Waals surface area (Å²) >= 11 is 0.123. The van der Waals surface area contributed by atoms with Crippen molar-refractivity contribution in [2.45, 2.75) is 30.7 Å². The van der Waals surface area contributed by atoms with Gasteiger partial charge < -0.3 is 0 Å². The number of hydrogen-bond acceptors (Lipinski definition) is 3. The number of nitrogens with one attached hydrogen (secondary N) is 1. The van der Waals surface area contributed by atoms with E-state index in [0.29, 0.717) is 13.2 Å². The van der Waals surface area contributed by atoms with Gasteiger partial charge in [-0.1, -0.05) is 0 Å². The molecule has 3 aromatic carbocycles. The van der Waals surface area contributed by atoms with Gasteiger partial charge in [0.05, 0.1) is 0 Å². The topological polar surface area (TPSA) is 38.3 Å². The van der Waals surface area contributed by atoms with E-state index in [0.717, 1.165) is 12.0 Å². The molecule has 0 heterocycles. The molecule has 0 radical (unpaired) electrons. The number of carbonyl (C=O) groups is 1. The normalized spacial score (nSPS) is 12.9. The predicted molar refractivity (Wildman–Crippen MR) is 119 cm³/mol. The van der Waals surface area contributed by atoms with Crippen molar-refractivity contribution in [1.82, 2.24) is 5.32 Å². The van der Waals surface area contributed by atoms with Crippen LogP contribution in [0.2, 0.25) is 4.82 Å². The van der Waals surface area contributed by atoms with Crippen molar-refractivity contribution in [2.24, 2.45) is 0 Å². The molecule has 2 atom stereocenters. The van der Waals surface area contributed by atoms with Gasteiger partial charge in [-0.25, -0.2) is 0 Å². The van der Waals surface area contributed by atoms with Crippen molar-refractivity contribution < 1.29 is 9.53 Å². The second-order valence-corrected chi connectivity index (χ2v) is 9.51. The molecular formula is C25H27NO2Se. The van der Waals surface area contributed by atoms with Crippen LogP contribution in [0.15, 0.2) is 91.0 Å². The van der Waals surface area contributed by atoms with Gasteiger partial charge in [-0.3, -0.25) is 0 Å². The fourth-order valence-corrected chi connectivity index (χ4v) is 5.86. The Morgan fingerprint density at radius 3 is 2.00 bits per heavy atom. The van der Waals surface area contributed by atoms with E-state index in [4.69, 9.17) is 4.74 Å². The van der Waals surface area contributed by atoms with Crippen LogP contribution in [-0.2, 0) is 22.5 Å². The van der Waals surface area contributed by atoms with Gasteiger partial charge in [0, 0.05) is 0 Å². The molecule has 150 valence electrons. The first kappa shape index (κ1) is 21.3. The molecule has 0 aliphatic carbocycles. The predicted octanol–water partition coefficient (Wildman–Crippen LogP) is 3.77. The SMILES string of the molecule is CCOC(=O)C(NCc1ccccc1)C(Cc1ccccc1)[Se]c1ccccc1. The summed E-state index contributed by atoms with van der Waals surface area (Å²) in [6, 6.07) is 30.7. The van der Waals surface area contributed by atoms with Gasteiger partial charge in [-0.2, -0.15) is 0 Å². The molecule has 3 nitrogen and oxygen atoms in total. The number of carbonyl (C=O) groups excluding carboxylic acids is 1. The van der Waals surface area contributed by atoms with Crippen LogP contribution in [0.25, 0.3) is 0 Å². The van der Waals surface area contributed by atoms with Gasteiger partial charge >= 0.3 is 180 Å². The Kier molecular flexibility index (Phi) is 8.51. The quantitative estimate of drug-likeness (QED) is 0.376. The van der Waals surface area contributed by atoms with Gasteiger partial charge in [0.15, 0.2) is 0 Å². The van der Waals surface area contributed by atoms with E-state index < -0.39 is 0 Å². The van der Waals surface area contributed by atoms with E-state index in [1.807, 2.05) is 37.3 Å². The van der Waals surface area contributed by atoms with Crippen LogP contribution in [0.4, 0.5) is 0 Å². The number of ether oxygens (including phenoxy) is 1. The molecular weight excluding hydrogens is 425 g/mol. The first-order valence-electron chi connectivity index (χ1n) is 9.96. The van der Waals surface area contributed by atoms with Gasteiger partial charge in [0.1, 0.15) is 0 Å². The number of rotatable bonds is 10. The van der Waals surface area contributed by atoms with Crippen molar-refractivity contribution in [3.05, 3.63) is 102 Å². The van der Waals surface area contributed by atoms with Gasteiger partial charge in [0.25, 0.3) is 0 Å². The van der Waals surface area contributed by atoms with E-state index in [2.05, 4.69) is 66.0 Å². The van der Waals surface area contributed by atoms with Crippen LogP contribution in [0.1, 0.15) is 18.1 Å². The molecule has 3 rings (SSSR count). The summed E-state index contributed by atoms with van der Waals surface area (Å²) in [6.07, 6.45) is 0.834. The van der Waals surface area contributed by atoms with Crippen molar-refractivity contribution >= 4 is 25.4 Å². The van der Waals surface area contributed by atoms with Crippen LogP contribution < -0.4 is 9.78 Å². The Bertz CT molecular complexity index is 814. The van der Waals surface area contributed by atoms with Gasteiger partial charge in [-0.05, 0) is 0 Å². The van der Waals surface area contributed by atoms with E-state index in [1.165, 1.54) is 10.0 Å². The molecule has 3 aromatic rings. The minimum absolute atomic E-state index is 0.123. The Morgan fingerprint density at radius 1 is 0.862 bits per heavy atom. The van der Waals surface area contributed by atoms with E-state index in [-0.39, 0.29) is 31.8 Å². The van der Waals surface area contributed by atoms with Gasteiger partial charge in [0.2, 0.25) is 0 Å². The summed E-state index contributed by atoms with van der Waals surface area (Å²) in [5.74, 6) is -0.165. The second-order valence-electron chi connectivity index (χ2n) is 6.76. The summed E-state index contributed by atoms with van der Waals surface area (Å²) in [5.41, 5.74) is 2.40. The van der Waals surface area contributed by atoms with Crippen molar-refractivity contribution in [2.75, 3.05) is 6.61 Å². The second kappa shape index (κ2) is 11.6. The Morgan fingerprint density at radius 2 is 1.41 bits per heavy atom. The summed E-state index contributed by atoms with van der Waals surface area (Å²) in [7, 11) is 0. The zero-order valence-electron chi connectivity index (χ0n) is 16.7. The Balaban J connectivity index is 1.83. The summed E-state index contributed by atoms with van der Waals surface area (Å²) < 4.78 is 6.75. The van der Waals surface area contributed by atoms with Crippen LogP contribution in [0, 0.1) is 0 Å². The van der Waals surface area contributed by atoms with Crippen LogP contribution in [0.5, 0.6) is 0 Å². The summed E-state index contributed by atoms with van der Waals surface area (Å²) in [4.78, 5) is 13.1. The zero-order valence-corrected chi connectivity index (χ0v) is 18.4. The average molecular weight is 452 g/mol. The third kappa shape index (κ3) is 6.86. The van der Waals surface area contributed by atoms with E-state index in [1.54, 1.807) is 0 Å². The van der Waals surface area contributed by atoms with E-state index in [9.17, 15) is 4.79 Å². The molecule has 0 saturated heterocycles.